The molecule has 3 heteroatoms. The molecule has 19 heavy (non-hydrogen) atoms. The molecule has 0 aliphatic rings. The highest BCUT2D eigenvalue weighted by Crippen LogP contribution is 2.17. The fraction of sp³-hybridized carbons (Fsp3) is 0.250. The Hall–Kier alpha value is -1.61. The van der Waals surface area contributed by atoms with Gasteiger partial charge in [-0.05, 0) is 43.2 Å². The molecule has 2 aromatic carbocycles. The molecule has 0 saturated carbocycles. The summed E-state index contributed by atoms with van der Waals surface area (Å²) in [6.45, 7) is 4.14. The predicted octanol–water partition coefficient (Wildman–Crippen LogP) is 4.05. The molecular formula is C16H18O2S. The molecule has 0 N–H and O–H groups in total. The molecule has 0 aliphatic heterocycles. The Balaban J connectivity index is 2.11. The van der Waals surface area contributed by atoms with Crippen LogP contribution in [0.5, 0.6) is 5.75 Å². The molecular weight excluding hydrogens is 256 g/mol. The molecule has 100 valence electrons. The van der Waals surface area contributed by atoms with Crippen LogP contribution in [0.4, 0.5) is 0 Å². The average Bonchev–Trinajstić information content (AvgIpc) is 2.42. The van der Waals surface area contributed by atoms with E-state index in [9.17, 15) is 4.21 Å². The lowest BCUT2D eigenvalue weighted by Gasteiger charge is -2.06. The standard InChI is InChI=1S/C16H18O2S/c1-3-5-14-6-4-7-16(12-14)19(17)18-15-10-8-13(2)9-11-15/h4,6-12H,3,5H2,1-2H3. The van der Waals surface area contributed by atoms with Crippen molar-refractivity contribution in [2.75, 3.05) is 0 Å². The van der Waals surface area contributed by atoms with Crippen LogP contribution in [-0.2, 0) is 17.5 Å². The Morgan fingerprint density at radius 2 is 1.84 bits per heavy atom. The van der Waals surface area contributed by atoms with E-state index in [4.69, 9.17) is 4.18 Å². The van der Waals surface area contributed by atoms with Gasteiger partial charge < -0.3 is 4.18 Å². The summed E-state index contributed by atoms with van der Waals surface area (Å²) >= 11 is -1.45. The van der Waals surface area contributed by atoms with Crippen LogP contribution in [0.1, 0.15) is 24.5 Å². The summed E-state index contributed by atoms with van der Waals surface area (Å²) in [5.74, 6) is 0.629. The van der Waals surface area contributed by atoms with Gasteiger partial charge in [-0.3, -0.25) is 0 Å². The van der Waals surface area contributed by atoms with Crippen LogP contribution in [-0.4, -0.2) is 4.21 Å². The lowest BCUT2D eigenvalue weighted by atomic mass is 10.1. The van der Waals surface area contributed by atoms with Crippen molar-refractivity contribution in [2.45, 2.75) is 31.6 Å². The fourth-order valence-electron chi connectivity index (χ4n) is 1.82. The Morgan fingerprint density at radius 1 is 1.11 bits per heavy atom. The maximum Gasteiger partial charge on any atom is 0.240 e. The van der Waals surface area contributed by atoms with Crippen LogP contribution < -0.4 is 4.18 Å². The molecule has 0 heterocycles. The van der Waals surface area contributed by atoms with E-state index in [0.717, 1.165) is 18.4 Å². The first kappa shape index (κ1) is 13.8. The van der Waals surface area contributed by atoms with Crippen molar-refractivity contribution < 1.29 is 8.39 Å². The number of aryl methyl sites for hydroxylation is 2. The Bertz CT molecular complexity index is 561. The largest absolute Gasteiger partial charge is 0.397 e. The maximum absolute atomic E-state index is 12.1. The molecule has 0 fully saturated rings. The van der Waals surface area contributed by atoms with Gasteiger partial charge in [-0.15, -0.1) is 0 Å². The van der Waals surface area contributed by atoms with Gasteiger partial charge in [0, 0.05) is 0 Å². The minimum atomic E-state index is -1.45. The van der Waals surface area contributed by atoms with Gasteiger partial charge in [0.15, 0.2) is 0 Å². The first-order valence-corrected chi connectivity index (χ1v) is 7.52. The SMILES string of the molecule is CCCc1cccc(S(=O)Oc2ccc(C)cc2)c1. The van der Waals surface area contributed by atoms with Gasteiger partial charge in [-0.25, -0.2) is 4.21 Å². The zero-order valence-electron chi connectivity index (χ0n) is 11.3. The van der Waals surface area contributed by atoms with E-state index >= 15 is 0 Å². The molecule has 0 amide bonds. The van der Waals surface area contributed by atoms with Crippen LogP contribution in [0.25, 0.3) is 0 Å². The molecule has 0 bridgehead atoms. The summed E-state index contributed by atoms with van der Waals surface area (Å²) < 4.78 is 17.6. The molecule has 0 aliphatic carbocycles. The van der Waals surface area contributed by atoms with Crippen molar-refractivity contribution >= 4 is 11.1 Å². The molecule has 1 unspecified atom stereocenters. The number of hydrogen-bond acceptors (Lipinski definition) is 2. The highest BCUT2D eigenvalue weighted by molar-refractivity contribution is 7.80. The molecule has 2 aromatic rings. The highest BCUT2D eigenvalue weighted by atomic mass is 32.2. The second-order valence-corrected chi connectivity index (χ2v) is 5.64. The van der Waals surface area contributed by atoms with Crippen molar-refractivity contribution in [3.05, 3.63) is 59.7 Å². The number of hydrogen-bond donors (Lipinski definition) is 0. The smallest absolute Gasteiger partial charge is 0.240 e. The van der Waals surface area contributed by atoms with Gasteiger partial charge >= 0.3 is 0 Å². The summed E-state index contributed by atoms with van der Waals surface area (Å²) in [5, 5.41) is 0. The van der Waals surface area contributed by atoms with Gasteiger partial charge in [-0.2, -0.15) is 0 Å². The Labute approximate surface area is 117 Å². The van der Waals surface area contributed by atoms with E-state index in [1.807, 2.05) is 49.4 Å². The first-order chi connectivity index (χ1) is 9.19. The summed E-state index contributed by atoms with van der Waals surface area (Å²) in [7, 11) is 0. The lowest BCUT2D eigenvalue weighted by molar-refractivity contribution is 0.562. The van der Waals surface area contributed by atoms with Crippen molar-refractivity contribution in [1.29, 1.82) is 0 Å². The molecule has 0 saturated heterocycles. The van der Waals surface area contributed by atoms with Gasteiger partial charge in [0.05, 0.1) is 4.90 Å². The second kappa shape index (κ2) is 6.53. The molecule has 2 rings (SSSR count). The molecule has 2 nitrogen and oxygen atoms in total. The van der Waals surface area contributed by atoms with Crippen molar-refractivity contribution in [3.63, 3.8) is 0 Å². The van der Waals surface area contributed by atoms with Crippen LogP contribution in [0.2, 0.25) is 0 Å². The summed E-state index contributed by atoms with van der Waals surface area (Å²) in [5.41, 5.74) is 2.35. The molecule has 0 radical (unpaired) electrons. The van der Waals surface area contributed by atoms with E-state index in [1.54, 1.807) is 0 Å². The maximum atomic E-state index is 12.1. The summed E-state index contributed by atoms with van der Waals surface area (Å²) in [4.78, 5) is 0.714. The quantitative estimate of drug-likeness (QED) is 0.822. The van der Waals surface area contributed by atoms with Gasteiger partial charge in [-0.1, -0.05) is 43.2 Å². The van der Waals surface area contributed by atoms with Crippen LogP contribution >= 0.6 is 0 Å². The molecule has 1 atom stereocenters. The van der Waals surface area contributed by atoms with Crippen molar-refractivity contribution in [3.8, 4) is 5.75 Å². The summed E-state index contributed by atoms with van der Waals surface area (Å²) in [6, 6.07) is 15.3. The zero-order valence-corrected chi connectivity index (χ0v) is 12.1. The Kier molecular flexibility index (Phi) is 4.74. The third-order valence-corrected chi connectivity index (χ3v) is 3.81. The van der Waals surface area contributed by atoms with Gasteiger partial charge in [0.25, 0.3) is 0 Å². The second-order valence-electron chi connectivity index (χ2n) is 4.53. The minimum absolute atomic E-state index is 0.629. The topological polar surface area (TPSA) is 26.3 Å². The lowest BCUT2D eigenvalue weighted by Crippen LogP contribution is -2.01. The Morgan fingerprint density at radius 3 is 2.53 bits per heavy atom. The van der Waals surface area contributed by atoms with Gasteiger partial charge in [0.1, 0.15) is 5.75 Å². The highest BCUT2D eigenvalue weighted by Gasteiger charge is 2.07. The molecule has 0 aromatic heterocycles. The van der Waals surface area contributed by atoms with E-state index in [0.29, 0.717) is 10.6 Å². The van der Waals surface area contributed by atoms with Crippen LogP contribution in [0.15, 0.2) is 53.4 Å². The zero-order chi connectivity index (χ0) is 13.7. The third kappa shape index (κ3) is 3.93. The minimum Gasteiger partial charge on any atom is -0.397 e. The first-order valence-electron chi connectivity index (χ1n) is 6.44. The van der Waals surface area contributed by atoms with Crippen LogP contribution in [0, 0.1) is 6.92 Å². The fourth-order valence-corrected chi connectivity index (χ4v) is 2.64. The molecule has 0 spiro atoms. The van der Waals surface area contributed by atoms with Crippen LogP contribution in [0.3, 0.4) is 0 Å². The normalized spacial score (nSPS) is 12.1. The predicted molar refractivity (Wildman–Crippen MR) is 78.7 cm³/mol. The third-order valence-electron chi connectivity index (χ3n) is 2.82. The van der Waals surface area contributed by atoms with E-state index in [-0.39, 0.29) is 0 Å². The van der Waals surface area contributed by atoms with Crippen molar-refractivity contribution in [2.24, 2.45) is 0 Å². The number of rotatable bonds is 5. The monoisotopic (exact) mass is 274 g/mol. The number of benzene rings is 2. The van der Waals surface area contributed by atoms with E-state index in [1.165, 1.54) is 5.56 Å². The van der Waals surface area contributed by atoms with Gasteiger partial charge in [0.2, 0.25) is 11.1 Å². The summed E-state index contributed by atoms with van der Waals surface area (Å²) in [6.07, 6.45) is 2.07. The van der Waals surface area contributed by atoms with E-state index in [2.05, 4.69) is 13.0 Å². The van der Waals surface area contributed by atoms with Crippen molar-refractivity contribution in [1.82, 2.24) is 0 Å². The average molecular weight is 274 g/mol. The van der Waals surface area contributed by atoms with E-state index < -0.39 is 11.1 Å².